The first kappa shape index (κ1) is 26.2. The van der Waals surface area contributed by atoms with Gasteiger partial charge in [0.05, 0.1) is 16.4 Å². The number of hydrogen-bond donors (Lipinski definition) is 2. The lowest BCUT2D eigenvalue weighted by atomic mass is 10.0. The normalized spacial score (nSPS) is 14.5. The van der Waals surface area contributed by atoms with E-state index in [1.165, 1.54) is 0 Å². The number of halogens is 1. The highest BCUT2D eigenvalue weighted by molar-refractivity contribution is 5.97. The van der Waals surface area contributed by atoms with Crippen molar-refractivity contribution in [3.63, 3.8) is 0 Å². The molecule has 1 saturated heterocycles. The van der Waals surface area contributed by atoms with E-state index >= 15 is 0 Å². The van der Waals surface area contributed by atoms with Gasteiger partial charge in [0, 0.05) is 73.7 Å². The van der Waals surface area contributed by atoms with Crippen molar-refractivity contribution in [1.82, 2.24) is 39.9 Å². The molecule has 0 unspecified atom stereocenters. The Bertz CT molecular complexity index is 1900. The SMILES string of the molecule is CN(C)Cc1cncc(-c2cnc3n[nH]c(-c4nc5c(-c6cc(F)cc(N7CCN(C)CC7)c6)cccc5[nH]4)c3c2)c1. The number of piperazine rings is 1. The fourth-order valence-electron chi connectivity index (χ4n) is 5.70. The van der Waals surface area contributed by atoms with Crippen molar-refractivity contribution in [1.29, 1.82) is 0 Å². The van der Waals surface area contributed by atoms with Crippen LogP contribution in [0.2, 0.25) is 0 Å². The third-order valence-electron chi connectivity index (χ3n) is 7.85. The molecular formula is C32H32FN9. The summed E-state index contributed by atoms with van der Waals surface area (Å²) in [4.78, 5) is 24.2. The molecule has 0 spiro atoms. The lowest BCUT2D eigenvalue weighted by molar-refractivity contribution is 0.313. The van der Waals surface area contributed by atoms with Gasteiger partial charge in [0.2, 0.25) is 0 Å². The maximum Gasteiger partial charge on any atom is 0.181 e. The number of fused-ring (bicyclic) bond motifs is 2. The number of anilines is 1. The molecule has 1 fully saturated rings. The number of nitrogens with zero attached hydrogens (tertiary/aromatic N) is 7. The van der Waals surface area contributed by atoms with E-state index in [2.05, 4.69) is 65.1 Å². The van der Waals surface area contributed by atoms with E-state index in [1.807, 2.05) is 50.9 Å². The predicted octanol–water partition coefficient (Wildman–Crippen LogP) is 5.18. The van der Waals surface area contributed by atoms with E-state index in [4.69, 9.17) is 4.98 Å². The van der Waals surface area contributed by atoms with Crippen LogP contribution in [0.15, 0.2) is 67.1 Å². The summed E-state index contributed by atoms with van der Waals surface area (Å²) in [5, 5.41) is 8.43. The molecule has 0 saturated carbocycles. The zero-order valence-electron chi connectivity index (χ0n) is 23.9. The van der Waals surface area contributed by atoms with Gasteiger partial charge in [-0.25, -0.2) is 14.4 Å². The molecule has 0 bridgehead atoms. The van der Waals surface area contributed by atoms with Gasteiger partial charge >= 0.3 is 0 Å². The average Bonchev–Trinajstić information content (AvgIpc) is 3.61. The largest absolute Gasteiger partial charge is 0.369 e. The fourth-order valence-corrected chi connectivity index (χ4v) is 5.70. The van der Waals surface area contributed by atoms with Gasteiger partial charge < -0.3 is 19.7 Å². The van der Waals surface area contributed by atoms with Gasteiger partial charge in [-0.15, -0.1) is 0 Å². The minimum Gasteiger partial charge on any atom is -0.369 e. The number of aromatic amines is 2. The number of hydrogen-bond acceptors (Lipinski definition) is 7. The standard InChI is InChI=1S/C32H32FN9/c1-40(2)19-20-11-22(17-34-16-20)23-14-27-30(38-39-31(27)35-18-23)32-36-28-6-4-5-26(29(28)37-32)21-12-24(33)15-25(13-21)42-9-7-41(3)8-10-42/h4-6,11-18H,7-10,19H2,1-3H3,(H,36,37)(H,35,38,39). The number of aromatic nitrogens is 6. The van der Waals surface area contributed by atoms with Gasteiger partial charge in [0.1, 0.15) is 11.5 Å². The van der Waals surface area contributed by atoms with Crippen LogP contribution in [0.4, 0.5) is 10.1 Å². The zero-order valence-corrected chi connectivity index (χ0v) is 23.9. The topological polar surface area (TPSA) is 92.9 Å². The van der Waals surface area contributed by atoms with Gasteiger partial charge in [-0.3, -0.25) is 10.1 Å². The Labute approximate surface area is 243 Å². The van der Waals surface area contributed by atoms with Crippen LogP contribution < -0.4 is 4.90 Å². The van der Waals surface area contributed by atoms with E-state index in [-0.39, 0.29) is 5.82 Å². The van der Waals surface area contributed by atoms with E-state index in [0.29, 0.717) is 11.5 Å². The van der Waals surface area contributed by atoms with Gasteiger partial charge in [0.25, 0.3) is 0 Å². The highest BCUT2D eigenvalue weighted by Crippen LogP contribution is 2.34. The van der Waals surface area contributed by atoms with E-state index < -0.39 is 0 Å². The second kappa shape index (κ2) is 10.6. The van der Waals surface area contributed by atoms with Crippen LogP contribution in [-0.2, 0) is 6.54 Å². The Morgan fingerprint density at radius 3 is 2.60 bits per heavy atom. The number of nitrogens with one attached hydrogen (secondary N) is 2. The number of pyridine rings is 2. The highest BCUT2D eigenvalue weighted by atomic mass is 19.1. The molecule has 1 aliphatic rings. The Morgan fingerprint density at radius 2 is 1.76 bits per heavy atom. The molecule has 5 heterocycles. The minimum atomic E-state index is -0.253. The number of rotatable bonds is 6. The van der Waals surface area contributed by atoms with Crippen LogP contribution in [0.25, 0.3) is 55.8 Å². The number of para-hydroxylation sites is 1. The predicted molar refractivity (Wildman–Crippen MR) is 165 cm³/mol. The van der Waals surface area contributed by atoms with Crippen LogP contribution in [0.3, 0.4) is 0 Å². The van der Waals surface area contributed by atoms with Crippen molar-refractivity contribution >= 4 is 27.8 Å². The molecular weight excluding hydrogens is 529 g/mol. The summed E-state index contributed by atoms with van der Waals surface area (Å²) in [6, 6.07) is 15.4. The maximum absolute atomic E-state index is 14.9. The smallest absolute Gasteiger partial charge is 0.181 e. The summed E-state index contributed by atoms with van der Waals surface area (Å²) >= 11 is 0. The summed E-state index contributed by atoms with van der Waals surface area (Å²) < 4.78 is 14.9. The second-order valence-electron chi connectivity index (χ2n) is 11.3. The highest BCUT2D eigenvalue weighted by Gasteiger charge is 2.19. The molecule has 9 nitrogen and oxygen atoms in total. The van der Waals surface area contributed by atoms with Gasteiger partial charge in [-0.2, -0.15) is 5.10 Å². The molecule has 0 radical (unpaired) electrons. The van der Waals surface area contributed by atoms with Crippen LogP contribution >= 0.6 is 0 Å². The molecule has 2 aromatic carbocycles. The maximum atomic E-state index is 14.9. The van der Waals surface area contributed by atoms with Gasteiger partial charge in [-0.05, 0) is 68.7 Å². The van der Waals surface area contributed by atoms with Crippen LogP contribution in [0, 0.1) is 5.82 Å². The van der Waals surface area contributed by atoms with E-state index in [0.717, 1.165) is 88.3 Å². The summed E-state index contributed by atoms with van der Waals surface area (Å²) in [7, 11) is 6.19. The third-order valence-corrected chi connectivity index (χ3v) is 7.85. The molecule has 10 heteroatoms. The molecule has 6 aromatic rings. The summed E-state index contributed by atoms with van der Waals surface area (Å²) in [5.74, 6) is 0.394. The van der Waals surface area contributed by atoms with Crippen molar-refractivity contribution < 1.29 is 4.39 Å². The molecule has 7 rings (SSSR count). The van der Waals surface area contributed by atoms with Crippen molar-refractivity contribution in [2.45, 2.75) is 6.54 Å². The second-order valence-corrected chi connectivity index (χ2v) is 11.3. The number of imidazole rings is 1. The Morgan fingerprint density at radius 1 is 0.929 bits per heavy atom. The minimum absolute atomic E-state index is 0.253. The molecule has 2 N–H and O–H groups in total. The van der Waals surface area contributed by atoms with Crippen LogP contribution in [0.1, 0.15) is 5.56 Å². The van der Waals surface area contributed by atoms with Gasteiger partial charge in [0.15, 0.2) is 11.5 Å². The molecule has 0 aliphatic carbocycles. The molecule has 0 amide bonds. The average molecular weight is 562 g/mol. The fraction of sp³-hybridized carbons (Fsp3) is 0.250. The zero-order chi connectivity index (χ0) is 28.8. The van der Waals surface area contributed by atoms with Crippen LogP contribution in [-0.4, -0.2) is 87.3 Å². The molecule has 212 valence electrons. The number of H-pyrrole nitrogens is 2. The Hall–Kier alpha value is -4.67. The summed E-state index contributed by atoms with van der Waals surface area (Å²) in [5.41, 5.74) is 8.63. The monoisotopic (exact) mass is 561 g/mol. The van der Waals surface area contributed by atoms with Crippen LogP contribution in [0.5, 0.6) is 0 Å². The Balaban J connectivity index is 1.27. The number of likely N-dealkylation sites (N-methyl/N-ethyl adjacent to an activating group) is 1. The molecule has 42 heavy (non-hydrogen) atoms. The summed E-state index contributed by atoms with van der Waals surface area (Å²) in [6.07, 6.45) is 5.56. The van der Waals surface area contributed by atoms with Gasteiger partial charge in [-0.1, -0.05) is 12.1 Å². The van der Waals surface area contributed by atoms with Crippen molar-refractivity contribution in [3.05, 3.63) is 78.5 Å². The van der Waals surface area contributed by atoms with Crippen molar-refractivity contribution in [2.24, 2.45) is 0 Å². The quantitative estimate of drug-likeness (QED) is 0.289. The first-order valence-electron chi connectivity index (χ1n) is 14.1. The van der Waals surface area contributed by atoms with Crippen molar-refractivity contribution in [3.8, 4) is 33.8 Å². The lowest BCUT2D eigenvalue weighted by Crippen LogP contribution is -2.44. The molecule has 4 aromatic heterocycles. The summed E-state index contributed by atoms with van der Waals surface area (Å²) in [6.45, 7) is 4.45. The Kier molecular flexibility index (Phi) is 6.64. The van der Waals surface area contributed by atoms with E-state index in [9.17, 15) is 4.39 Å². The first-order valence-corrected chi connectivity index (χ1v) is 14.1. The number of benzene rings is 2. The molecule has 1 aliphatic heterocycles. The van der Waals surface area contributed by atoms with E-state index in [1.54, 1.807) is 12.1 Å². The molecule has 0 atom stereocenters. The lowest BCUT2D eigenvalue weighted by Gasteiger charge is -2.34. The van der Waals surface area contributed by atoms with Crippen molar-refractivity contribution in [2.75, 3.05) is 52.2 Å². The first-order chi connectivity index (χ1) is 20.4. The third kappa shape index (κ3) is 4.99.